The van der Waals surface area contributed by atoms with Crippen LogP contribution in [0.15, 0.2) is 54.7 Å². The molecule has 2 N–H and O–H groups in total. The van der Waals surface area contributed by atoms with E-state index >= 15 is 0 Å². The van der Waals surface area contributed by atoms with Gasteiger partial charge in [-0.15, -0.1) is 0 Å². The van der Waals surface area contributed by atoms with Gasteiger partial charge in [-0.1, -0.05) is 18.2 Å². The van der Waals surface area contributed by atoms with Crippen molar-refractivity contribution >= 4 is 17.2 Å². The molecule has 3 aromatic rings. The van der Waals surface area contributed by atoms with Crippen LogP contribution in [-0.4, -0.2) is 22.8 Å². The second-order valence-electron chi connectivity index (χ2n) is 4.71. The number of carbonyl (C=O) groups excluding carboxylic acids is 1. The van der Waals surface area contributed by atoms with Crippen molar-refractivity contribution in [1.29, 1.82) is 0 Å². The van der Waals surface area contributed by atoms with Crippen molar-refractivity contribution in [3.05, 3.63) is 60.4 Å². The highest BCUT2D eigenvalue weighted by Crippen LogP contribution is 2.22. The quantitative estimate of drug-likeness (QED) is 0.778. The van der Waals surface area contributed by atoms with Gasteiger partial charge in [0.05, 0.1) is 30.6 Å². The number of ether oxygens (including phenoxy) is 1. The molecule has 0 aliphatic heterocycles. The summed E-state index contributed by atoms with van der Waals surface area (Å²) in [4.78, 5) is 12.0. The van der Waals surface area contributed by atoms with Crippen LogP contribution >= 0.6 is 0 Å². The zero-order valence-corrected chi connectivity index (χ0v) is 12.1. The first kappa shape index (κ1) is 13.9. The average molecular weight is 296 g/mol. The molecular formula is C16H16N4O2. The normalized spacial score (nSPS) is 10.4. The first-order valence-corrected chi connectivity index (χ1v) is 6.87. The van der Waals surface area contributed by atoms with Gasteiger partial charge in [-0.25, -0.2) is 9.31 Å². The molecule has 0 atom stereocenters. The number of para-hydroxylation sites is 2. The summed E-state index contributed by atoms with van der Waals surface area (Å²) in [5.74, 6) is 0.616. The molecule has 112 valence electrons. The summed E-state index contributed by atoms with van der Waals surface area (Å²) in [6.07, 6.45) is 1.87. The minimum Gasteiger partial charge on any atom is -0.495 e. The lowest BCUT2D eigenvalue weighted by molar-refractivity contribution is 0.251. The van der Waals surface area contributed by atoms with E-state index in [4.69, 9.17) is 4.74 Å². The summed E-state index contributed by atoms with van der Waals surface area (Å²) in [6, 6.07) is 14.7. The van der Waals surface area contributed by atoms with Crippen LogP contribution in [0, 0.1) is 0 Å². The van der Waals surface area contributed by atoms with Crippen LogP contribution in [-0.2, 0) is 6.54 Å². The number of anilines is 1. The van der Waals surface area contributed by atoms with E-state index in [2.05, 4.69) is 15.7 Å². The standard InChI is InChI=1S/C16H16N4O2/c1-22-15-8-3-2-7-14(15)18-16(21)17-11-12-10-13-6-4-5-9-20(13)19-12/h2-10H,11H2,1H3,(H2,17,18,21). The Morgan fingerprint density at radius 1 is 1.23 bits per heavy atom. The lowest BCUT2D eigenvalue weighted by atomic mass is 10.3. The SMILES string of the molecule is COc1ccccc1NC(=O)NCc1cc2ccccn2n1. The van der Waals surface area contributed by atoms with Crippen molar-refractivity contribution in [3.8, 4) is 5.75 Å². The van der Waals surface area contributed by atoms with Crippen molar-refractivity contribution in [2.45, 2.75) is 6.54 Å². The van der Waals surface area contributed by atoms with E-state index in [1.54, 1.807) is 23.8 Å². The Hall–Kier alpha value is -3.02. The molecule has 22 heavy (non-hydrogen) atoms. The summed E-state index contributed by atoms with van der Waals surface area (Å²) in [5, 5.41) is 9.91. The fourth-order valence-corrected chi connectivity index (χ4v) is 2.16. The maximum absolute atomic E-state index is 12.0. The number of benzene rings is 1. The van der Waals surface area contributed by atoms with Crippen LogP contribution in [0.1, 0.15) is 5.69 Å². The second-order valence-corrected chi connectivity index (χ2v) is 4.71. The van der Waals surface area contributed by atoms with Crippen LogP contribution in [0.5, 0.6) is 5.75 Å². The molecule has 1 aromatic carbocycles. The molecule has 0 radical (unpaired) electrons. The van der Waals surface area contributed by atoms with Gasteiger partial charge < -0.3 is 15.4 Å². The number of pyridine rings is 1. The Labute approximate surface area is 127 Å². The molecule has 0 fully saturated rings. The summed E-state index contributed by atoms with van der Waals surface area (Å²) >= 11 is 0. The van der Waals surface area contributed by atoms with Gasteiger partial charge >= 0.3 is 6.03 Å². The fraction of sp³-hybridized carbons (Fsp3) is 0.125. The van der Waals surface area contributed by atoms with Gasteiger partial charge in [0, 0.05) is 6.20 Å². The molecule has 2 heterocycles. The third-order valence-corrected chi connectivity index (χ3v) is 3.21. The van der Waals surface area contributed by atoms with Crippen molar-refractivity contribution < 1.29 is 9.53 Å². The Balaban J connectivity index is 1.62. The first-order valence-electron chi connectivity index (χ1n) is 6.87. The van der Waals surface area contributed by atoms with E-state index < -0.39 is 0 Å². The minimum absolute atomic E-state index is 0.304. The number of rotatable bonds is 4. The van der Waals surface area contributed by atoms with Crippen LogP contribution in [0.25, 0.3) is 5.52 Å². The topological polar surface area (TPSA) is 67.7 Å². The van der Waals surface area contributed by atoms with Crippen LogP contribution in [0.4, 0.5) is 10.5 Å². The van der Waals surface area contributed by atoms with Gasteiger partial charge in [-0.2, -0.15) is 5.10 Å². The van der Waals surface area contributed by atoms with Crippen LogP contribution in [0.2, 0.25) is 0 Å². The Kier molecular flexibility index (Phi) is 3.91. The van der Waals surface area contributed by atoms with E-state index in [1.165, 1.54) is 0 Å². The number of urea groups is 1. The van der Waals surface area contributed by atoms with Crippen molar-refractivity contribution in [2.75, 3.05) is 12.4 Å². The van der Waals surface area contributed by atoms with E-state index in [0.717, 1.165) is 11.2 Å². The van der Waals surface area contributed by atoms with Crippen molar-refractivity contribution in [3.63, 3.8) is 0 Å². The lowest BCUT2D eigenvalue weighted by Crippen LogP contribution is -2.28. The Morgan fingerprint density at radius 2 is 2.05 bits per heavy atom. The second kappa shape index (κ2) is 6.17. The van der Waals surface area contributed by atoms with Gasteiger partial charge in [-0.3, -0.25) is 0 Å². The van der Waals surface area contributed by atoms with E-state index in [0.29, 0.717) is 18.0 Å². The predicted molar refractivity (Wildman–Crippen MR) is 84.0 cm³/mol. The van der Waals surface area contributed by atoms with Crippen LogP contribution in [0.3, 0.4) is 0 Å². The first-order chi connectivity index (χ1) is 10.8. The highest BCUT2D eigenvalue weighted by Gasteiger charge is 2.07. The summed E-state index contributed by atoms with van der Waals surface area (Å²) in [7, 11) is 1.56. The Bertz CT molecular complexity index is 764. The van der Waals surface area contributed by atoms with E-state index in [-0.39, 0.29) is 6.03 Å². The summed E-state index contributed by atoms with van der Waals surface area (Å²) in [5.41, 5.74) is 2.41. The number of fused-ring (bicyclic) bond motifs is 1. The number of nitrogens with one attached hydrogen (secondary N) is 2. The lowest BCUT2D eigenvalue weighted by Gasteiger charge is -2.10. The summed E-state index contributed by atoms with van der Waals surface area (Å²) in [6.45, 7) is 0.350. The zero-order valence-electron chi connectivity index (χ0n) is 12.1. The largest absolute Gasteiger partial charge is 0.495 e. The van der Waals surface area contributed by atoms with Crippen LogP contribution < -0.4 is 15.4 Å². The third kappa shape index (κ3) is 3.01. The third-order valence-electron chi connectivity index (χ3n) is 3.21. The van der Waals surface area contributed by atoms with E-state index in [9.17, 15) is 4.79 Å². The molecule has 3 rings (SSSR count). The van der Waals surface area contributed by atoms with Gasteiger partial charge in [0.2, 0.25) is 0 Å². The van der Waals surface area contributed by atoms with Gasteiger partial charge in [-0.05, 0) is 30.3 Å². The van der Waals surface area contributed by atoms with Gasteiger partial charge in [0.25, 0.3) is 0 Å². The Morgan fingerprint density at radius 3 is 2.86 bits per heavy atom. The highest BCUT2D eigenvalue weighted by atomic mass is 16.5. The number of amides is 2. The number of carbonyl (C=O) groups is 1. The molecule has 0 bridgehead atoms. The van der Waals surface area contributed by atoms with Gasteiger partial charge in [0.15, 0.2) is 0 Å². The number of methoxy groups -OCH3 is 1. The predicted octanol–water partition coefficient (Wildman–Crippen LogP) is 2.66. The molecule has 0 aliphatic carbocycles. The number of nitrogens with zero attached hydrogens (tertiary/aromatic N) is 2. The molecule has 2 aromatic heterocycles. The number of hydrogen-bond donors (Lipinski definition) is 2. The molecular weight excluding hydrogens is 280 g/mol. The van der Waals surface area contributed by atoms with Crippen molar-refractivity contribution in [1.82, 2.24) is 14.9 Å². The minimum atomic E-state index is -0.304. The smallest absolute Gasteiger partial charge is 0.319 e. The maximum Gasteiger partial charge on any atom is 0.319 e. The number of hydrogen-bond acceptors (Lipinski definition) is 3. The molecule has 2 amide bonds. The zero-order chi connectivity index (χ0) is 15.4. The van der Waals surface area contributed by atoms with E-state index in [1.807, 2.05) is 42.6 Å². The maximum atomic E-state index is 12.0. The highest BCUT2D eigenvalue weighted by molar-refractivity contribution is 5.90. The number of aromatic nitrogens is 2. The molecule has 6 nitrogen and oxygen atoms in total. The molecule has 0 spiro atoms. The summed E-state index contributed by atoms with van der Waals surface area (Å²) < 4.78 is 6.96. The average Bonchev–Trinajstić information content (AvgIpc) is 2.96. The molecule has 0 saturated heterocycles. The molecule has 6 heteroatoms. The fourth-order valence-electron chi connectivity index (χ4n) is 2.16. The monoisotopic (exact) mass is 296 g/mol. The molecule has 0 unspecified atom stereocenters. The van der Waals surface area contributed by atoms with Crippen molar-refractivity contribution in [2.24, 2.45) is 0 Å². The molecule has 0 saturated carbocycles. The molecule has 0 aliphatic rings. The van der Waals surface area contributed by atoms with Gasteiger partial charge in [0.1, 0.15) is 5.75 Å².